The lowest BCUT2D eigenvalue weighted by molar-refractivity contribution is -0.334. The molecule has 7 atom stereocenters. The van der Waals surface area contributed by atoms with Crippen molar-refractivity contribution in [2.75, 3.05) is 26.2 Å². The molecule has 1 saturated heterocycles. The molecular weight excluding hydrogens is 696 g/mol. The van der Waals surface area contributed by atoms with E-state index in [2.05, 4.69) is 23.3 Å². The molecule has 3 aromatic carbocycles. The SMILES string of the molecule is CC(CC=Cc1ccccc1)C(CNCC1(O)C(Oc2ccc3c(c2)OCC(c2ccc(O)cc2)=C3O)OC(C(=O)O)C(O)C1(O)C=O)CC1=CCN=C1. The number of aliphatic hydroxyl groups is 4. The number of aliphatic imine (C=N–C) groups is 1. The van der Waals surface area contributed by atoms with Crippen LogP contribution in [0.3, 0.4) is 0 Å². The van der Waals surface area contributed by atoms with Crippen molar-refractivity contribution >= 4 is 35.9 Å². The Morgan fingerprint density at radius 3 is 2.54 bits per heavy atom. The van der Waals surface area contributed by atoms with Crippen molar-refractivity contribution in [2.24, 2.45) is 16.8 Å². The van der Waals surface area contributed by atoms with Gasteiger partial charge in [-0.1, -0.05) is 67.6 Å². The van der Waals surface area contributed by atoms with Gasteiger partial charge in [-0.25, -0.2) is 4.79 Å². The predicted molar refractivity (Wildman–Crippen MR) is 200 cm³/mol. The Morgan fingerprint density at radius 1 is 1.09 bits per heavy atom. The van der Waals surface area contributed by atoms with Crippen molar-refractivity contribution in [1.82, 2.24) is 5.32 Å². The molecule has 3 aromatic rings. The first-order valence-electron chi connectivity index (χ1n) is 17.7. The molecule has 7 unspecified atom stereocenters. The van der Waals surface area contributed by atoms with Crippen LogP contribution in [0.2, 0.25) is 0 Å². The molecule has 13 heteroatoms. The lowest BCUT2D eigenvalue weighted by Crippen LogP contribution is -2.79. The summed E-state index contributed by atoms with van der Waals surface area (Å²) in [7, 11) is 0. The zero-order valence-corrected chi connectivity index (χ0v) is 29.6. The molecule has 0 aliphatic carbocycles. The number of hydrogen-bond donors (Lipinski definition) is 7. The lowest BCUT2D eigenvalue weighted by atomic mass is 9.74. The van der Waals surface area contributed by atoms with Crippen LogP contribution in [0.25, 0.3) is 17.4 Å². The first-order valence-corrected chi connectivity index (χ1v) is 17.7. The molecule has 0 saturated carbocycles. The number of phenols is 1. The number of allylic oxidation sites excluding steroid dienone is 2. The lowest BCUT2D eigenvalue weighted by Gasteiger charge is -2.51. The number of carbonyl (C=O) groups is 2. The number of benzene rings is 3. The van der Waals surface area contributed by atoms with E-state index in [1.807, 2.05) is 48.7 Å². The summed E-state index contributed by atoms with van der Waals surface area (Å²) in [6.07, 6.45) is 2.79. The van der Waals surface area contributed by atoms with E-state index in [0.29, 0.717) is 29.7 Å². The number of nitrogens with one attached hydrogen (secondary N) is 1. The summed E-state index contributed by atoms with van der Waals surface area (Å²) >= 11 is 0. The molecule has 54 heavy (non-hydrogen) atoms. The summed E-state index contributed by atoms with van der Waals surface area (Å²) in [5, 5.41) is 68.4. The zero-order valence-electron chi connectivity index (χ0n) is 29.6. The fourth-order valence-corrected chi connectivity index (χ4v) is 6.92. The highest BCUT2D eigenvalue weighted by Gasteiger charge is 2.67. The Hall–Kier alpha value is -5.31. The summed E-state index contributed by atoms with van der Waals surface area (Å²) in [6.45, 7) is 2.39. The average Bonchev–Trinajstić information content (AvgIpc) is 3.69. The maximum absolute atomic E-state index is 12.5. The highest BCUT2D eigenvalue weighted by molar-refractivity contribution is 5.91. The van der Waals surface area contributed by atoms with Crippen LogP contribution >= 0.6 is 0 Å². The van der Waals surface area contributed by atoms with E-state index in [4.69, 9.17) is 14.2 Å². The summed E-state index contributed by atoms with van der Waals surface area (Å²) in [5.41, 5.74) is -2.22. The molecule has 1 fully saturated rings. The largest absolute Gasteiger partial charge is 0.508 e. The number of aliphatic carboxylic acids is 1. The average molecular weight is 741 g/mol. The van der Waals surface area contributed by atoms with Crippen LogP contribution in [0.4, 0.5) is 0 Å². The van der Waals surface area contributed by atoms with E-state index >= 15 is 0 Å². The van der Waals surface area contributed by atoms with Gasteiger partial charge in [-0.05, 0) is 72.2 Å². The summed E-state index contributed by atoms with van der Waals surface area (Å²) in [6, 6.07) is 20.4. The van der Waals surface area contributed by atoms with Crippen LogP contribution < -0.4 is 14.8 Å². The van der Waals surface area contributed by atoms with Gasteiger partial charge in [0.2, 0.25) is 6.29 Å². The third-order valence-electron chi connectivity index (χ3n) is 10.3. The second kappa shape index (κ2) is 16.4. The number of carboxylic acid groups (broad SMARTS) is 1. The van der Waals surface area contributed by atoms with Gasteiger partial charge in [0.15, 0.2) is 23.6 Å². The fraction of sp³-hybridized carbons (Fsp3) is 0.341. The molecule has 3 aliphatic heterocycles. The maximum Gasteiger partial charge on any atom is 0.335 e. The molecule has 284 valence electrons. The van der Waals surface area contributed by atoms with E-state index in [-0.39, 0.29) is 54.3 Å². The number of fused-ring (bicyclic) bond motifs is 1. The number of ether oxygens (including phenoxy) is 3. The van der Waals surface area contributed by atoms with Crippen LogP contribution in [0, 0.1) is 11.8 Å². The van der Waals surface area contributed by atoms with Crippen LogP contribution in [0.5, 0.6) is 17.2 Å². The van der Waals surface area contributed by atoms with Gasteiger partial charge in [-0.15, -0.1) is 0 Å². The molecule has 7 N–H and O–H groups in total. The summed E-state index contributed by atoms with van der Waals surface area (Å²) in [5.74, 6) is -1.43. The molecule has 0 spiro atoms. The number of rotatable bonds is 15. The van der Waals surface area contributed by atoms with Crippen LogP contribution in [0.1, 0.15) is 36.5 Å². The Bertz CT molecular complexity index is 1940. The molecule has 0 bridgehead atoms. The van der Waals surface area contributed by atoms with Gasteiger partial charge < -0.3 is 50.2 Å². The number of nitrogens with zero attached hydrogens (tertiary/aromatic N) is 1. The molecule has 0 amide bonds. The predicted octanol–water partition coefficient (Wildman–Crippen LogP) is 3.77. The van der Waals surface area contributed by atoms with Crippen molar-refractivity contribution in [3.05, 3.63) is 107 Å². The quantitative estimate of drug-likeness (QED) is 0.111. The molecule has 3 aliphatic rings. The second-order valence-electron chi connectivity index (χ2n) is 13.9. The number of aliphatic hydroxyl groups excluding tert-OH is 2. The third kappa shape index (κ3) is 7.96. The molecule has 0 radical (unpaired) electrons. The minimum absolute atomic E-state index is 0.0142. The monoisotopic (exact) mass is 740 g/mol. The molecule has 3 heterocycles. The fourth-order valence-electron chi connectivity index (χ4n) is 6.92. The van der Waals surface area contributed by atoms with Gasteiger partial charge in [-0.3, -0.25) is 9.79 Å². The van der Waals surface area contributed by atoms with Gasteiger partial charge in [0, 0.05) is 24.4 Å². The van der Waals surface area contributed by atoms with Crippen LogP contribution in [-0.4, -0.2) is 105 Å². The van der Waals surface area contributed by atoms with Crippen molar-refractivity contribution < 1.29 is 54.4 Å². The first-order chi connectivity index (χ1) is 25.9. The number of hydrogen-bond acceptors (Lipinski definition) is 12. The second-order valence-corrected chi connectivity index (χ2v) is 13.9. The highest BCUT2D eigenvalue weighted by atomic mass is 16.7. The Kier molecular flexibility index (Phi) is 11.6. The zero-order chi connectivity index (χ0) is 38.5. The topological polar surface area (TPSA) is 208 Å². The normalized spacial score (nSPS) is 26.1. The number of carboxylic acids is 1. The van der Waals surface area contributed by atoms with E-state index in [0.717, 1.165) is 17.6 Å². The van der Waals surface area contributed by atoms with Crippen LogP contribution in [-0.2, 0) is 14.3 Å². The van der Waals surface area contributed by atoms with Gasteiger partial charge in [0.25, 0.3) is 0 Å². The minimum atomic E-state index is -3.04. The Morgan fingerprint density at radius 2 is 1.85 bits per heavy atom. The number of carbonyl (C=O) groups excluding carboxylic acids is 1. The summed E-state index contributed by atoms with van der Waals surface area (Å²) in [4.78, 5) is 29.0. The highest BCUT2D eigenvalue weighted by Crippen LogP contribution is 2.42. The van der Waals surface area contributed by atoms with E-state index in [1.54, 1.807) is 12.1 Å². The van der Waals surface area contributed by atoms with E-state index in [1.165, 1.54) is 30.3 Å². The standard InChI is InChI=1S/C41H44N2O11/c1-25(6-5-9-26-7-3-2-4-8-26)29(18-27-16-17-42-20-27)21-43-23-40(50)39(54-36(38(48)49)37(47)41(40,51)24-44)53-31-14-15-32-34(19-31)52-22-33(35(32)46)28-10-12-30(45)13-11-28/h2-5,7-16,19-20,24-25,29,36-37,39,43,45-47,50-51H,6,17-18,21-23H2,1H3,(H,48,49). The number of phenolic OH excluding ortho intramolecular Hbond substituents is 1. The van der Waals surface area contributed by atoms with Crippen molar-refractivity contribution in [3.63, 3.8) is 0 Å². The first kappa shape index (κ1) is 38.4. The molecule has 6 rings (SSSR count). The van der Waals surface area contributed by atoms with E-state index in [9.17, 15) is 40.2 Å². The molecular formula is C41H44N2O11. The smallest absolute Gasteiger partial charge is 0.335 e. The van der Waals surface area contributed by atoms with Gasteiger partial charge >= 0.3 is 5.97 Å². The van der Waals surface area contributed by atoms with Gasteiger partial charge in [0.1, 0.15) is 35.7 Å². The van der Waals surface area contributed by atoms with Gasteiger partial charge in [-0.2, -0.15) is 0 Å². The maximum atomic E-state index is 12.5. The molecule has 0 aromatic heterocycles. The minimum Gasteiger partial charge on any atom is -0.508 e. The molecule has 13 nitrogen and oxygen atoms in total. The van der Waals surface area contributed by atoms with Crippen molar-refractivity contribution in [2.45, 2.75) is 49.5 Å². The van der Waals surface area contributed by atoms with Crippen molar-refractivity contribution in [1.29, 1.82) is 0 Å². The third-order valence-corrected chi connectivity index (χ3v) is 10.3. The summed E-state index contributed by atoms with van der Waals surface area (Å²) < 4.78 is 17.5. The Balaban J connectivity index is 1.23. The van der Waals surface area contributed by atoms with Crippen molar-refractivity contribution in [3.8, 4) is 17.2 Å². The van der Waals surface area contributed by atoms with E-state index < -0.39 is 42.2 Å². The Labute approximate surface area is 312 Å². The van der Waals surface area contributed by atoms with Crippen LogP contribution in [0.15, 0.2) is 95.5 Å². The number of aldehydes is 1. The number of aromatic hydroxyl groups is 1. The van der Waals surface area contributed by atoms with Gasteiger partial charge in [0.05, 0.1) is 12.1 Å².